The van der Waals surface area contributed by atoms with Gasteiger partial charge in [-0.25, -0.2) is 0 Å². The molecule has 0 spiro atoms. The summed E-state index contributed by atoms with van der Waals surface area (Å²) in [5, 5.41) is 3.35. The first kappa shape index (κ1) is 13.0. The Hall–Kier alpha value is -1.03. The third kappa shape index (κ3) is 4.66. The fraction of sp³-hybridized carbons (Fsp3) is 0.500. The molecular formula is C12H21N3S. The van der Waals surface area contributed by atoms with Crippen LogP contribution in [0.25, 0.3) is 0 Å². The van der Waals surface area contributed by atoms with Crippen LogP contribution in [-0.2, 0) is 0 Å². The third-order valence-electron chi connectivity index (χ3n) is 2.44. The van der Waals surface area contributed by atoms with Gasteiger partial charge in [0.1, 0.15) is 0 Å². The standard InChI is InChI=1S/C12H21N3S/c1-16-8-4-2-3-7-15-10-5-6-11(13)12(14)9-10/h5-6,9,15H,2-4,7-8,13-14H2,1H3. The minimum Gasteiger partial charge on any atom is -0.397 e. The zero-order chi connectivity index (χ0) is 11.8. The molecule has 0 aliphatic carbocycles. The quantitative estimate of drug-likeness (QED) is 0.506. The van der Waals surface area contributed by atoms with Gasteiger partial charge in [0, 0.05) is 12.2 Å². The maximum absolute atomic E-state index is 5.72. The van der Waals surface area contributed by atoms with Crippen molar-refractivity contribution < 1.29 is 0 Å². The minimum absolute atomic E-state index is 0.644. The van der Waals surface area contributed by atoms with Gasteiger partial charge in [-0.15, -0.1) is 0 Å². The van der Waals surface area contributed by atoms with Crippen LogP contribution in [0.4, 0.5) is 17.1 Å². The van der Waals surface area contributed by atoms with Crippen LogP contribution in [0.15, 0.2) is 18.2 Å². The molecule has 0 saturated carbocycles. The second kappa shape index (κ2) is 7.28. The predicted octanol–water partition coefficient (Wildman–Crippen LogP) is 2.80. The lowest BCUT2D eigenvalue weighted by Crippen LogP contribution is -2.03. The number of thioether (sulfide) groups is 1. The Morgan fingerprint density at radius 1 is 1.12 bits per heavy atom. The van der Waals surface area contributed by atoms with Gasteiger partial charge in [-0.1, -0.05) is 6.42 Å². The monoisotopic (exact) mass is 239 g/mol. The van der Waals surface area contributed by atoms with Gasteiger partial charge in [0.25, 0.3) is 0 Å². The predicted molar refractivity (Wildman–Crippen MR) is 76.0 cm³/mol. The van der Waals surface area contributed by atoms with Gasteiger partial charge < -0.3 is 16.8 Å². The Labute approximate surface area is 102 Å². The van der Waals surface area contributed by atoms with E-state index in [4.69, 9.17) is 11.5 Å². The van der Waals surface area contributed by atoms with E-state index in [2.05, 4.69) is 11.6 Å². The lowest BCUT2D eigenvalue weighted by molar-refractivity contribution is 0.750. The number of nitrogens with two attached hydrogens (primary N) is 2. The van der Waals surface area contributed by atoms with Gasteiger partial charge in [0.05, 0.1) is 11.4 Å². The molecule has 0 radical (unpaired) electrons. The highest BCUT2D eigenvalue weighted by atomic mass is 32.2. The van der Waals surface area contributed by atoms with Crippen molar-refractivity contribution in [3.05, 3.63) is 18.2 Å². The van der Waals surface area contributed by atoms with Crippen LogP contribution in [0.1, 0.15) is 19.3 Å². The summed E-state index contributed by atoms with van der Waals surface area (Å²) < 4.78 is 0. The average molecular weight is 239 g/mol. The van der Waals surface area contributed by atoms with Crippen molar-refractivity contribution in [3.8, 4) is 0 Å². The van der Waals surface area contributed by atoms with E-state index in [0.29, 0.717) is 11.4 Å². The van der Waals surface area contributed by atoms with Crippen LogP contribution in [0.2, 0.25) is 0 Å². The van der Waals surface area contributed by atoms with Crippen LogP contribution in [-0.4, -0.2) is 18.6 Å². The van der Waals surface area contributed by atoms with Crippen molar-refractivity contribution >= 4 is 28.8 Å². The van der Waals surface area contributed by atoms with Gasteiger partial charge in [-0.3, -0.25) is 0 Å². The zero-order valence-electron chi connectivity index (χ0n) is 9.83. The summed E-state index contributed by atoms with van der Waals surface area (Å²) >= 11 is 1.91. The van der Waals surface area contributed by atoms with E-state index in [1.165, 1.54) is 25.0 Å². The van der Waals surface area contributed by atoms with Gasteiger partial charge >= 0.3 is 0 Å². The molecule has 4 heteroatoms. The highest BCUT2D eigenvalue weighted by Crippen LogP contribution is 2.19. The van der Waals surface area contributed by atoms with Crippen molar-refractivity contribution in [1.29, 1.82) is 0 Å². The van der Waals surface area contributed by atoms with Crippen LogP contribution >= 0.6 is 11.8 Å². The Balaban J connectivity index is 2.19. The van der Waals surface area contributed by atoms with Crippen LogP contribution < -0.4 is 16.8 Å². The lowest BCUT2D eigenvalue weighted by atomic mass is 10.2. The number of rotatable bonds is 7. The third-order valence-corrected chi connectivity index (χ3v) is 3.14. The second-order valence-electron chi connectivity index (χ2n) is 3.82. The molecule has 16 heavy (non-hydrogen) atoms. The Morgan fingerprint density at radius 2 is 1.94 bits per heavy atom. The summed E-state index contributed by atoms with van der Waals surface area (Å²) in [6, 6.07) is 5.69. The number of unbranched alkanes of at least 4 members (excludes halogenated alkanes) is 2. The number of hydrogen-bond acceptors (Lipinski definition) is 4. The van der Waals surface area contributed by atoms with Gasteiger partial charge in [-0.2, -0.15) is 11.8 Å². The molecule has 0 amide bonds. The van der Waals surface area contributed by atoms with Crippen LogP contribution in [0.5, 0.6) is 0 Å². The van der Waals surface area contributed by atoms with Crippen LogP contribution in [0, 0.1) is 0 Å². The molecule has 3 nitrogen and oxygen atoms in total. The highest BCUT2D eigenvalue weighted by Gasteiger charge is 1.96. The Morgan fingerprint density at radius 3 is 2.62 bits per heavy atom. The largest absolute Gasteiger partial charge is 0.397 e. The molecule has 0 heterocycles. The van der Waals surface area contributed by atoms with E-state index in [1.807, 2.05) is 30.0 Å². The molecule has 5 N–H and O–H groups in total. The first-order valence-corrected chi connectivity index (χ1v) is 7.01. The average Bonchev–Trinajstić information content (AvgIpc) is 2.28. The molecule has 1 aromatic carbocycles. The van der Waals surface area contributed by atoms with Crippen molar-refractivity contribution in [2.45, 2.75) is 19.3 Å². The number of anilines is 3. The SMILES string of the molecule is CSCCCCCNc1ccc(N)c(N)c1. The Bertz CT molecular complexity index is 315. The van der Waals surface area contributed by atoms with E-state index in [-0.39, 0.29) is 0 Å². The maximum atomic E-state index is 5.72. The maximum Gasteiger partial charge on any atom is 0.0568 e. The first-order valence-electron chi connectivity index (χ1n) is 5.62. The Kier molecular flexibility index (Phi) is 5.93. The first-order chi connectivity index (χ1) is 7.74. The fourth-order valence-corrected chi connectivity index (χ4v) is 1.96. The molecule has 0 unspecified atom stereocenters. The topological polar surface area (TPSA) is 64.1 Å². The number of hydrogen-bond donors (Lipinski definition) is 3. The second-order valence-corrected chi connectivity index (χ2v) is 4.81. The highest BCUT2D eigenvalue weighted by molar-refractivity contribution is 7.98. The summed E-state index contributed by atoms with van der Waals surface area (Å²) in [5.41, 5.74) is 13.7. The van der Waals surface area contributed by atoms with Crippen molar-refractivity contribution in [2.75, 3.05) is 35.3 Å². The molecule has 0 aliphatic heterocycles. The number of nitrogen functional groups attached to an aromatic ring is 2. The molecule has 0 fully saturated rings. The molecule has 1 aromatic rings. The molecule has 1 rings (SSSR count). The van der Waals surface area contributed by atoms with Gasteiger partial charge in [-0.05, 0) is 43.0 Å². The summed E-state index contributed by atoms with van der Waals surface area (Å²) in [6.45, 7) is 0.998. The number of nitrogens with one attached hydrogen (secondary N) is 1. The lowest BCUT2D eigenvalue weighted by Gasteiger charge is -2.08. The number of benzene rings is 1. The summed E-state index contributed by atoms with van der Waals surface area (Å²) in [6.07, 6.45) is 5.92. The van der Waals surface area contributed by atoms with Crippen molar-refractivity contribution in [1.82, 2.24) is 0 Å². The van der Waals surface area contributed by atoms with Gasteiger partial charge in [0.2, 0.25) is 0 Å². The molecular weight excluding hydrogens is 218 g/mol. The molecule has 0 aliphatic rings. The normalized spacial score (nSPS) is 10.3. The van der Waals surface area contributed by atoms with E-state index in [0.717, 1.165) is 12.2 Å². The van der Waals surface area contributed by atoms with Crippen molar-refractivity contribution in [2.24, 2.45) is 0 Å². The van der Waals surface area contributed by atoms with E-state index in [1.54, 1.807) is 0 Å². The van der Waals surface area contributed by atoms with Crippen molar-refractivity contribution in [3.63, 3.8) is 0 Å². The minimum atomic E-state index is 0.644. The molecule has 0 aromatic heterocycles. The van der Waals surface area contributed by atoms with E-state index < -0.39 is 0 Å². The van der Waals surface area contributed by atoms with E-state index in [9.17, 15) is 0 Å². The molecule has 0 bridgehead atoms. The fourth-order valence-electron chi connectivity index (χ4n) is 1.47. The summed E-state index contributed by atoms with van der Waals surface area (Å²) in [5.74, 6) is 1.26. The summed E-state index contributed by atoms with van der Waals surface area (Å²) in [7, 11) is 0. The van der Waals surface area contributed by atoms with Gasteiger partial charge in [0.15, 0.2) is 0 Å². The van der Waals surface area contributed by atoms with Crippen LogP contribution in [0.3, 0.4) is 0 Å². The molecule has 0 atom stereocenters. The van der Waals surface area contributed by atoms with E-state index >= 15 is 0 Å². The zero-order valence-corrected chi connectivity index (χ0v) is 10.6. The molecule has 90 valence electrons. The smallest absolute Gasteiger partial charge is 0.0568 e. The molecule has 0 saturated heterocycles. The summed E-state index contributed by atoms with van der Waals surface area (Å²) in [4.78, 5) is 0.